The fourth-order valence-electron chi connectivity index (χ4n) is 3.26. The zero-order valence-corrected chi connectivity index (χ0v) is 15.4. The van der Waals surface area contributed by atoms with Crippen LogP contribution in [0.15, 0.2) is 48.5 Å². The molecule has 4 heteroatoms. The number of imidazole rings is 1. The first-order valence-corrected chi connectivity index (χ1v) is 9.08. The standard InChI is InChI=1S/C21H27N3O/c1-4-23(5-2)14-9-15-24-20-16-18(25-3)12-13-19(20)22-21(24)17-10-7-6-8-11-17/h6-8,10-13,16H,4-5,9,14-15H2,1-3H3. The number of fused-ring (bicyclic) bond motifs is 1. The molecular formula is C21H27N3O. The van der Waals surface area contributed by atoms with Gasteiger partial charge in [0.25, 0.3) is 0 Å². The van der Waals surface area contributed by atoms with Crippen molar-refractivity contribution in [3.05, 3.63) is 48.5 Å². The van der Waals surface area contributed by atoms with Crippen LogP contribution < -0.4 is 4.74 Å². The van der Waals surface area contributed by atoms with Gasteiger partial charge in [0.2, 0.25) is 0 Å². The van der Waals surface area contributed by atoms with Crippen molar-refractivity contribution in [2.24, 2.45) is 0 Å². The van der Waals surface area contributed by atoms with Gasteiger partial charge in [-0.2, -0.15) is 0 Å². The molecule has 1 heterocycles. The maximum atomic E-state index is 5.42. The Balaban J connectivity index is 1.97. The van der Waals surface area contributed by atoms with E-state index in [0.29, 0.717) is 0 Å². The predicted molar refractivity (Wildman–Crippen MR) is 104 cm³/mol. The maximum absolute atomic E-state index is 5.42. The second-order valence-corrected chi connectivity index (χ2v) is 6.19. The fourth-order valence-corrected chi connectivity index (χ4v) is 3.26. The lowest BCUT2D eigenvalue weighted by Gasteiger charge is -2.18. The molecule has 0 aliphatic carbocycles. The molecule has 0 saturated carbocycles. The minimum Gasteiger partial charge on any atom is -0.497 e. The molecule has 0 aliphatic heterocycles. The van der Waals surface area contributed by atoms with Crippen LogP contribution in [0.25, 0.3) is 22.4 Å². The lowest BCUT2D eigenvalue weighted by molar-refractivity contribution is 0.294. The third-order valence-corrected chi connectivity index (χ3v) is 4.74. The number of aryl methyl sites for hydroxylation is 1. The zero-order valence-electron chi connectivity index (χ0n) is 15.4. The number of benzene rings is 2. The van der Waals surface area contributed by atoms with Gasteiger partial charge < -0.3 is 14.2 Å². The van der Waals surface area contributed by atoms with Crippen LogP contribution in [0, 0.1) is 0 Å². The van der Waals surface area contributed by atoms with Gasteiger partial charge in [-0.15, -0.1) is 0 Å². The fraction of sp³-hybridized carbons (Fsp3) is 0.381. The second-order valence-electron chi connectivity index (χ2n) is 6.19. The molecule has 2 aromatic carbocycles. The smallest absolute Gasteiger partial charge is 0.141 e. The average Bonchev–Trinajstić information content (AvgIpc) is 3.03. The van der Waals surface area contributed by atoms with Crippen molar-refractivity contribution in [1.82, 2.24) is 14.5 Å². The van der Waals surface area contributed by atoms with E-state index in [9.17, 15) is 0 Å². The Bertz CT molecular complexity index is 807. The molecule has 132 valence electrons. The van der Waals surface area contributed by atoms with Crippen LogP contribution in [-0.2, 0) is 6.54 Å². The molecule has 0 radical (unpaired) electrons. The van der Waals surface area contributed by atoms with E-state index in [4.69, 9.17) is 9.72 Å². The summed E-state index contributed by atoms with van der Waals surface area (Å²) >= 11 is 0. The van der Waals surface area contributed by atoms with E-state index < -0.39 is 0 Å². The summed E-state index contributed by atoms with van der Waals surface area (Å²) in [6, 6.07) is 16.5. The average molecular weight is 337 g/mol. The number of aromatic nitrogens is 2. The van der Waals surface area contributed by atoms with Crippen LogP contribution in [0.5, 0.6) is 5.75 Å². The molecule has 4 nitrogen and oxygen atoms in total. The molecule has 3 rings (SSSR count). The highest BCUT2D eigenvalue weighted by Gasteiger charge is 2.13. The zero-order chi connectivity index (χ0) is 17.6. The van der Waals surface area contributed by atoms with Crippen molar-refractivity contribution < 1.29 is 4.74 Å². The largest absolute Gasteiger partial charge is 0.497 e. The second kappa shape index (κ2) is 8.17. The van der Waals surface area contributed by atoms with Gasteiger partial charge in [-0.3, -0.25) is 0 Å². The normalized spacial score (nSPS) is 11.4. The highest BCUT2D eigenvalue weighted by molar-refractivity contribution is 5.82. The summed E-state index contributed by atoms with van der Waals surface area (Å²) in [5.74, 6) is 1.90. The van der Waals surface area contributed by atoms with Gasteiger partial charge in [0.1, 0.15) is 11.6 Å². The summed E-state index contributed by atoms with van der Waals surface area (Å²) in [5, 5.41) is 0. The van der Waals surface area contributed by atoms with E-state index in [1.807, 2.05) is 18.2 Å². The summed E-state index contributed by atoms with van der Waals surface area (Å²) in [6.45, 7) is 8.68. The Morgan fingerprint density at radius 1 is 1.04 bits per heavy atom. The first kappa shape index (κ1) is 17.5. The first-order valence-electron chi connectivity index (χ1n) is 9.08. The first-order chi connectivity index (χ1) is 12.3. The highest BCUT2D eigenvalue weighted by atomic mass is 16.5. The topological polar surface area (TPSA) is 30.3 Å². The quantitative estimate of drug-likeness (QED) is 0.608. The number of ether oxygens (including phenoxy) is 1. The Kier molecular flexibility index (Phi) is 5.71. The van der Waals surface area contributed by atoms with Crippen molar-refractivity contribution in [2.75, 3.05) is 26.7 Å². The molecule has 0 spiro atoms. The van der Waals surface area contributed by atoms with Gasteiger partial charge in [0.05, 0.1) is 18.1 Å². The number of nitrogens with zero attached hydrogens (tertiary/aromatic N) is 3. The molecule has 3 aromatic rings. The lowest BCUT2D eigenvalue weighted by atomic mass is 10.2. The third kappa shape index (κ3) is 3.85. The number of hydrogen-bond acceptors (Lipinski definition) is 3. The minimum atomic E-state index is 0.872. The molecular weight excluding hydrogens is 310 g/mol. The van der Waals surface area contributed by atoms with Gasteiger partial charge in [0, 0.05) is 18.2 Å². The Hall–Kier alpha value is -2.33. The van der Waals surface area contributed by atoms with Crippen LogP contribution in [0.1, 0.15) is 20.3 Å². The van der Waals surface area contributed by atoms with Crippen molar-refractivity contribution in [3.8, 4) is 17.1 Å². The Morgan fingerprint density at radius 2 is 1.80 bits per heavy atom. The minimum absolute atomic E-state index is 0.872. The van der Waals surface area contributed by atoms with Gasteiger partial charge in [-0.05, 0) is 38.2 Å². The Morgan fingerprint density at radius 3 is 2.48 bits per heavy atom. The molecule has 0 unspecified atom stereocenters. The summed E-state index contributed by atoms with van der Waals surface area (Å²) in [5.41, 5.74) is 3.31. The Labute approximate surface area is 150 Å². The molecule has 0 amide bonds. The van der Waals surface area contributed by atoms with Crippen LogP contribution in [0.4, 0.5) is 0 Å². The van der Waals surface area contributed by atoms with Gasteiger partial charge in [-0.25, -0.2) is 4.98 Å². The van der Waals surface area contributed by atoms with Crippen LogP contribution in [0.2, 0.25) is 0 Å². The third-order valence-electron chi connectivity index (χ3n) is 4.74. The van der Waals surface area contributed by atoms with Gasteiger partial charge in [-0.1, -0.05) is 44.2 Å². The van der Waals surface area contributed by atoms with Crippen molar-refractivity contribution in [3.63, 3.8) is 0 Å². The van der Waals surface area contributed by atoms with E-state index in [2.05, 4.69) is 53.6 Å². The van der Waals surface area contributed by atoms with Crippen LogP contribution in [-0.4, -0.2) is 41.2 Å². The summed E-state index contributed by atoms with van der Waals surface area (Å²) in [7, 11) is 1.71. The van der Waals surface area contributed by atoms with E-state index in [1.165, 1.54) is 0 Å². The molecule has 0 bridgehead atoms. The van der Waals surface area contributed by atoms with E-state index in [1.54, 1.807) is 7.11 Å². The monoisotopic (exact) mass is 337 g/mol. The number of rotatable bonds is 8. The van der Waals surface area contributed by atoms with E-state index in [-0.39, 0.29) is 0 Å². The molecule has 0 atom stereocenters. The molecule has 0 N–H and O–H groups in total. The number of hydrogen-bond donors (Lipinski definition) is 0. The molecule has 0 saturated heterocycles. The molecule has 1 aromatic heterocycles. The molecule has 0 fully saturated rings. The van der Waals surface area contributed by atoms with Gasteiger partial charge >= 0.3 is 0 Å². The SMILES string of the molecule is CCN(CC)CCCn1c(-c2ccccc2)nc2ccc(OC)cc21. The van der Waals surface area contributed by atoms with E-state index in [0.717, 1.165) is 60.8 Å². The summed E-state index contributed by atoms with van der Waals surface area (Å²) in [6.07, 6.45) is 1.10. The number of methoxy groups -OCH3 is 1. The highest BCUT2D eigenvalue weighted by Crippen LogP contribution is 2.27. The summed E-state index contributed by atoms with van der Waals surface area (Å²) < 4.78 is 7.75. The van der Waals surface area contributed by atoms with Crippen molar-refractivity contribution in [1.29, 1.82) is 0 Å². The molecule has 0 aliphatic rings. The van der Waals surface area contributed by atoms with E-state index >= 15 is 0 Å². The van der Waals surface area contributed by atoms with Crippen molar-refractivity contribution in [2.45, 2.75) is 26.8 Å². The van der Waals surface area contributed by atoms with Crippen LogP contribution >= 0.6 is 0 Å². The maximum Gasteiger partial charge on any atom is 0.141 e. The lowest BCUT2D eigenvalue weighted by Crippen LogP contribution is -2.24. The predicted octanol–water partition coefficient (Wildman–Crippen LogP) is 4.44. The van der Waals surface area contributed by atoms with Gasteiger partial charge in [0.15, 0.2) is 0 Å². The van der Waals surface area contributed by atoms with Crippen LogP contribution in [0.3, 0.4) is 0 Å². The summed E-state index contributed by atoms with van der Waals surface area (Å²) in [4.78, 5) is 7.35. The molecule has 25 heavy (non-hydrogen) atoms. The van der Waals surface area contributed by atoms with Crippen molar-refractivity contribution >= 4 is 11.0 Å².